The van der Waals surface area contributed by atoms with Crippen molar-refractivity contribution in [3.8, 4) is 0 Å². The molecule has 0 atom stereocenters. The zero-order valence-corrected chi connectivity index (χ0v) is 10.5. The lowest BCUT2D eigenvalue weighted by molar-refractivity contribution is -0.383. The van der Waals surface area contributed by atoms with Gasteiger partial charge in [0.15, 0.2) is 0 Å². The average molecular weight is 288 g/mol. The fourth-order valence-electron chi connectivity index (χ4n) is 1.12. The lowest BCUT2D eigenvalue weighted by Crippen LogP contribution is -1.87. The van der Waals surface area contributed by atoms with Gasteiger partial charge in [0.05, 0.1) is 9.85 Å². The van der Waals surface area contributed by atoms with Gasteiger partial charge >= 0.3 is 10.0 Å². The predicted molar refractivity (Wildman–Crippen MR) is 66.1 cm³/mol. The quantitative estimate of drug-likeness (QED) is 0.631. The Bertz CT molecular complexity index is 527. The van der Waals surface area contributed by atoms with Gasteiger partial charge in [-0.1, -0.05) is 34.4 Å². The van der Waals surface area contributed by atoms with Crippen molar-refractivity contribution in [1.82, 2.24) is 0 Å². The van der Waals surface area contributed by atoms with E-state index in [1.54, 1.807) is 22.9 Å². The Kier molecular flexibility index (Phi) is 3.41. The monoisotopic (exact) mass is 288 g/mol. The van der Waals surface area contributed by atoms with Gasteiger partial charge in [0.25, 0.3) is 0 Å². The van der Waals surface area contributed by atoms with Crippen molar-refractivity contribution >= 4 is 44.4 Å². The van der Waals surface area contributed by atoms with Crippen LogP contribution in [0.5, 0.6) is 0 Å². The highest BCUT2D eigenvalue weighted by Gasteiger charge is 2.22. The molecule has 0 spiro atoms. The molecule has 2 heterocycles. The third-order valence-corrected chi connectivity index (χ3v) is 4.86. The summed E-state index contributed by atoms with van der Waals surface area (Å²) in [5, 5.41) is 24.6. The maximum atomic E-state index is 10.7. The molecule has 88 valence electrons. The minimum atomic E-state index is -0.481. The fourth-order valence-corrected chi connectivity index (χ4v) is 3.87. The normalized spacial score (nSPS) is 10.4. The zero-order chi connectivity index (χ0) is 12.4. The first-order chi connectivity index (χ1) is 8.09. The second-order valence-electron chi connectivity index (χ2n) is 2.80. The van der Waals surface area contributed by atoms with Crippen molar-refractivity contribution in [2.75, 3.05) is 0 Å². The van der Waals surface area contributed by atoms with Gasteiger partial charge in [-0.2, -0.15) is 0 Å². The topological polar surface area (TPSA) is 86.3 Å². The summed E-state index contributed by atoms with van der Waals surface area (Å²) in [6.07, 6.45) is 0. The minimum absolute atomic E-state index is 0.00972. The second kappa shape index (κ2) is 4.82. The van der Waals surface area contributed by atoms with E-state index in [-0.39, 0.29) is 10.0 Å². The number of nitrogens with zero attached hydrogens (tertiary/aromatic N) is 2. The minimum Gasteiger partial charge on any atom is -0.258 e. The molecule has 0 aliphatic heterocycles. The standard InChI is InChI=1S/C8H4N2O4S3/c11-9(12)7-5(1-3-15-7)17-6-2-4-16-8(6)10(13)14/h1-4H. The van der Waals surface area contributed by atoms with Crippen LogP contribution in [0.4, 0.5) is 10.0 Å². The van der Waals surface area contributed by atoms with Crippen LogP contribution < -0.4 is 0 Å². The van der Waals surface area contributed by atoms with Crippen LogP contribution in [0.25, 0.3) is 0 Å². The van der Waals surface area contributed by atoms with Gasteiger partial charge in [-0.3, -0.25) is 20.2 Å². The van der Waals surface area contributed by atoms with E-state index < -0.39 is 9.85 Å². The summed E-state index contributed by atoms with van der Waals surface area (Å²) < 4.78 is 0. The molecule has 0 saturated carbocycles. The molecule has 2 aromatic rings. The molecule has 0 aliphatic rings. The van der Waals surface area contributed by atoms with E-state index in [1.165, 1.54) is 0 Å². The summed E-state index contributed by atoms with van der Waals surface area (Å²) >= 11 is 3.06. The van der Waals surface area contributed by atoms with E-state index >= 15 is 0 Å². The molecule has 0 radical (unpaired) electrons. The molecule has 17 heavy (non-hydrogen) atoms. The van der Waals surface area contributed by atoms with Crippen LogP contribution >= 0.6 is 34.4 Å². The lowest BCUT2D eigenvalue weighted by atomic mass is 10.6. The van der Waals surface area contributed by atoms with E-state index in [4.69, 9.17) is 0 Å². The Morgan fingerprint density at radius 3 is 1.71 bits per heavy atom. The largest absolute Gasteiger partial charge is 0.337 e. The van der Waals surface area contributed by atoms with Crippen molar-refractivity contribution < 1.29 is 9.85 Å². The number of nitro groups is 2. The van der Waals surface area contributed by atoms with Crippen LogP contribution in [-0.2, 0) is 0 Å². The van der Waals surface area contributed by atoms with Gasteiger partial charge in [-0.25, -0.2) is 0 Å². The third kappa shape index (κ3) is 2.46. The highest BCUT2D eigenvalue weighted by atomic mass is 32.2. The molecule has 2 rings (SSSR count). The van der Waals surface area contributed by atoms with Crippen LogP contribution in [0, 0.1) is 20.2 Å². The highest BCUT2D eigenvalue weighted by Crippen LogP contribution is 2.43. The van der Waals surface area contributed by atoms with E-state index in [1.807, 2.05) is 0 Å². The first-order valence-electron chi connectivity index (χ1n) is 4.21. The summed E-state index contributed by atoms with van der Waals surface area (Å²) in [6.45, 7) is 0. The maximum absolute atomic E-state index is 10.7. The number of hydrogen-bond acceptors (Lipinski definition) is 7. The van der Waals surface area contributed by atoms with Crippen LogP contribution in [0.1, 0.15) is 0 Å². The molecule has 0 aromatic carbocycles. The van der Waals surface area contributed by atoms with Crippen LogP contribution in [0.3, 0.4) is 0 Å². The molecule has 0 saturated heterocycles. The van der Waals surface area contributed by atoms with Crippen molar-refractivity contribution in [3.05, 3.63) is 43.1 Å². The van der Waals surface area contributed by atoms with Crippen LogP contribution in [-0.4, -0.2) is 9.85 Å². The van der Waals surface area contributed by atoms with Crippen molar-refractivity contribution in [2.45, 2.75) is 9.79 Å². The molecule has 2 aromatic heterocycles. The molecule has 0 fully saturated rings. The first kappa shape index (κ1) is 12.0. The lowest BCUT2D eigenvalue weighted by Gasteiger charge is -1.95. The van der Waals surface area contributed by atoms with Gasteiger partial charge in [0.1, 0.15) is 9.79 Å². The summed E-state index contributed by atoms with van der Waals surface area (Å²) in [5.41, 5.74) is 0. The van der Waals surface area contributed by atoms with Crippen LogP contribution in [0.2, 0.25) is 0 Å². The van der Waals surface area contributed by atoms with Gasteiger partial charge in [-0.05, 0) is 22.9 Å². The summed E-state index contributed by atoms with van der Waals surface area (Å²) in [7, 11) is 0. The Morgan fingerprint density at radius 1 is 0.941 bits per heavy atom. The van der Waals surface area contributed by atoms with Gasteiger partial charge in [0, 0.05) is 0 Å². The molecular formula is C8H4N2O4S3. The molecule has 0 unspecified atom stereocenters. The first-order valence-corrected chi connectivity index (χ1v) is 6.79. The Hall–Kier alpha value is -1.45. The van der Waals surface area contributed by atoms with E-state index in [0.29, 0.717) is 9.79 Å². The maximum Gasteiger partial charge on any atom is 0.337 e. The Balaban J connectivity index is 2.32. The highest BCUT2D eigenvalue weighted by molar-refractivity contribution is 8.00. The van der Waals surface area contributed by atoms with Crippen LogP contribution in [0.15, 0.2) is 32.7 Å². The van der Waals surface area contributed by atoms with Crippen molar-refractivity contribution in [2.24, 2.45) is 0 Å². The fraction of sp³-hybridized carbons (Fsp3) is 0. The van der Waals surface area contributed by atoms with Gasteiger partial charge in [-0.15, -0.1) is 0 Å². The Morgan fingerprint density at radius 2 is 1.35 bits per heavy atom. The number of hydrogen-bond donors (Lipinski definition) is 0. The second-order valence-corrected chi connectivity index (χ2v) is 5.67. The summed E-state index contributed by atoms with van der Waals surface area (Å²) in [4.78, 5) is 21.3. The number of rotatable bonds is 4. The molecule has 0 bridgehead atoms. The van der Waals surface area contributed by atoms with Gasteiger partial charge < -0.3 is 0 Å². The molecule has 0 N–H and O–H groups in total. The smallest absolute Gasteiger partial charge is 0.258 e. The molecule has 0 amide bonds. The Labute approximate surface area is 107 Å². The molecule has 0 aliphatic carbocycles. The number of thiophene rings is 2. The summed E-state index contributed by atoms with van der Waals surface area (Å²) in [6, 6.07) is 3.18. The molecule has 9 heteroatoms. The molecule has 6 nitrogen and oxygen atoms in total. The van der Waals surface area contributed by atoms with Crippen molar-refractivity contribution in [3.63, 3.8) is 0 Å². The van der Waals surface area contributed by atoms with Gasteiger partial charge in [0.2, 0.25) is 0 Å². The predicted octanol–water partition coefficient (Wildman–Crippen LogP) is 3.78. The average Bonchev–Trinajstić information content (AvgIpc) is 2.86. The van der Waals surface area contributed by atoms with Crippen molar-refractivity contribution in [1.29, 1.82) is 0 Å². The summed E-state index contributed by atoms with van der Waals surface area (Å²) in [5.74, 6) is 0. The zero-order valence-electron chi connectivity index (χ0n) is 8.06. The SMILES string of the molecule is O=[N+]([O-])c1sccc1Sc1ccsc1[N+](=O)[O-]. The third-order valence-electron chi connectivity index (χ3n) is 1.77. The van der Waals surface area contributed by atoms with E-state index in [9.17, 15) is 20.2 Å². The van der Waals surface area contributed by atoms with E-state index in [2.05, 4.69) is 0 Å². The van der Waals surface area contributed by atoms with E-state index in [0.717, 1.165) is 34.4 Å². The molecular weight excluding hydrogens is 284 g/mol.